The van der Waals surface area contributed by atoms with Crippen LogP contribution in [-0.2, 0) is 6.54 Å². The van der Waals surface area contributed by atoms with E-state index in [4.69, 9.17) is 11.6 Å². The van der Waals surface area contributed by atoms with E-state index in [0.717, 1.165) is 23.0 Å². The average Bonchev–Trinajstić information content (AvgIpc) is 2.68. The third-order valence-electron chi connectivity index (χ3n) is 3.09. The molecule has 17 heavy (non-hydrogen) atoms. The normalized spacial score (nSPS) is 19.0. The number of hydrogen-bond donors (Lipinski definition) is 2. The largest absolute Gasteiger partial charge is 0.508 e. The summed E-state index contributed by atoms with van der Waals surface area (Å²) in [5.41, 5.74) is 2.43. The zero-order valence-corrected chi connectivity index (χ0v) is 10.7. The van der Waals surface area contributed by atoms with Crippen LogP contribution in [0, 0.1) is 0 Å². The van der Waals surface area contributed by atoms with E-state index in [1.54, 1.807) is 17.4 Å². The molecule has 2 nitrogen and oxygen atoms in total. The van der Waals surface area contributed by atoms with Crippen LogP contribution in [0.5, 0.6) is 5.75 Å². The molecule has 88 valence electrons. The Bertz CT molecular complexity index is 552. The second kappa shape index (κ2) is 4.33. The van der Waals surface area contributed by atoms with Crippen LogP contribution in [0.15, 0.2) is 30.3 Å². The van der Waals surface area contributed by atoms with E-state index < -0.39 is 0 Å². The van der Waals surface area contributed by atoms with E-state index in [-0.39, 0.29) is 5.92 Å². The lowest BCUT2D eigenvalue weighted by Crippen LogP contribution is -2.27. The summed E-state index contributed by atoms with van der Waals surface area (Å²) in [4.78, 5) is 1.30. The monoisotopic (exact) mass is 265 g/mol. The summed E-state index contributed by atoms with van der Waals surface area (Å²) in [6.45, 7) is 1.78. The van der Waals surface area contributed by atoms with E-state index in [1.807, 2.05) is 18.2 Å². The summed E-state index contributed by atoms with van der Waals surface area (Å²) in [5, 5.41) is 12.9. The van der Waals surface area contributed by atoms with Crippen molar-refractivity contribution in [2.45, 2.75) is 12.5 Å². The summed E-state index contributed by atoms with van der Waals surface area (Å²) < 4.78 is 0.837. The third-order valence-corrected chi connectivity index (χ3v) is 4.37. The van der Waals surface area contributed by atoms with Crippen molar-refractivity contribution >= 4 is 22.9 Å². The standard InChI is InChI=1S/C13H12ClNOS/c14-13-5-10-11(6-15-7-12(10)17-13)8-2-1-3-9(16)4-8/h1-5,11,15-16H,6-7H2/t11-/m1/s1. The predicted octanol–water partition coefficient (Wildman–Crippen LogP) is 3.34. The molecule has 0 bridgehead atoms. The minimum Gasteiger partial charge on any atom is -0.508 e. The van der Waals surface area contributed by atoms with Crippen LogP contribution in [0.3, 0.4) is 0 Å². The zero-order chi connectivity index (χ0) is 11.8. The molecule has 0 unspecified atom stereocenters. The molecule has 1 aliphatic rings. The first-order valence-electron chi connectivity index (χ1n) is 5.52. The van der Waals surface area contributed by atoms with Crippen LogP contribution in [0.4, 0.5) is 0 Å². The van der Waals surface area contributed by atoms with E-state index in [1.165, 1.54) is 10.4 Å². The molecule has 1 aromatic heterocycles. The van der Waals surface area contributed by atoms with Crippen molar-refractivity contribution in [3.63, 3.8) is 0 Å². The second-order valence-electron chi connectivity index (χ2n) is 4.21. The van der Waals surface area contributed by atoms with Gasteiger partial charge >= 0.3 is 0 Å². The van der Waals surface area contributed by atoms with E-state index in [9.17, 15) is 5.11 Å². The van der Waals surface area contributed by atoms with Crippen LogP contribution in [-0.4, -0.2) is 11.7 Å². The average molecular weight is 266 g/mol. The lowest BCUT2D eigenvalue weighted by atomic mass is 9.89. The van der Waals surface area contributed by atoms with Crippen molar-refractivity contribution in [3.8, 4) is 5.75 Å². The Kier molecular flexibility index (Phi) is 2.82. The third kappa shape index (κ3) is 2.06. The van der Waals surface area contributed by atoms with Gasteiger partial charge in [-0.3, -0.25) is 0 Å². The van der Waals surface area contributed by atoms with Crippen molar-refractivity contribution in [1.82, 2.24) is 5.32 Å². The highest BCUT2D eigenvalue weighted by atomic mass is 35.5. The van der Waals surface area contributed by atoms with Gasteiger partial charge in [0.15, 0.2) is 0 Å². The quantitative estimate of drug-likeness (QED) is 0.829. The van der Waals surface area contributed by atoms with Crippen molar-refractivity contribution in [3.05, 3.63) is 50.7 Å². The highest BCUT2D eigenvalue weighted by Crippen LogP contribution is 2.37. The Morgan fingerprint density at radius 3 is 3.06 bits per heavy atom. The molecular weight excluding hydrogens is 254 g/mol. The van der Waals surface area contributed by atoms with E-state index in [2.05, 4.69) is 11.4 Å². The summed E-state index contributed by atoms with van der Waals surface area (Å²) in [7, 11) is 0. The topological polar surface area (TPSA) is 32.3 Å². The molecule has 1 aliphatic heterocycles. The minimum absolute atomic E-state index is 0.287. The molecule has 2 heterocycles. The first kappa shape index (κ1) is 11.1. The number of hydrogen-bond acceptors (Lipinski definition) is 3. The van der Waals surface area contributed by atoms with Crippen molar-refractivity contribution in [2.75, 3.05) is 6.54 Å². The predicted molar refractivity (Wildman–Crippen MR) is 71.0 cm³/mol. The number of fused-ring (bicyclic) bond motifs is 1. The molecule has 1 atom stereocenters. The van der Waals surface area contributed by atoms with Gasteiger partial charge in [0.1, 0.15) is 5.75 Å². The Hall–Kier alpha value is -1.03. The number of rotatable bonds is 1. The van der Waals surface area contributed by atoms with Crippen molar-refractivity contribution in [2.24, 2.45) is 0 Å². The smallest absolute Gasteiger partial charge is 0.115 e. The van der Waals surface area contributed by atoms with Crippen LogP contribution in [0.1, 0.15) is 21.9 Å². The number of phenolic OH excluding ortho intramolecular Hbond substituents is 1. The van der Waals surface area contributed by atoms with Gasteiger partial charge in [0.2, 0.25) is 0 Å². The molecule has 0 amide bonds. The summed E-state index contributed by atoms with van der Waals surface area (Å²) in [5.74, 6) is 0.602. The van der Waals surface area contributed by atoms with Gasteiger partial charge in [-0.25, -0.2) is 0 Å². The molecule has 0 aliphatic carbocycles. The molecule has 2 aromatic rings. The molecule has 0 fully saturated rings. The summed E-state index contributed by atoms with van der Waals surface area (Å²) >= 11 is 7.71. The fourth-order valence-electron chi connectivity index (χ4n) is 2.32. The van der Waals surface area contributed by atoms with Gasteiger partial charge in [-0.05, 0) is 29.3 Å². The van der Waals surface area contributed by atoms with Crippen LogP contribution < -0.4 is 5.32 Å². The summed E-state index contributed by atoms with van der Waals surface area (Å²) in [6, 6.07) is 9.51. The number of nitrogens with one attached hydrogen (secondary N) is 1. The van der Waals surface area contributed by atoms with Crippen molar-refractivity contribution in [1.29, 1.82) is 0 Å². The molecule has 3 rings (SSSR count). The molecule has 0 radical (unpaired) electrons. The first-order chi connectivity index (χ1) is 8.24. The van der Waals surface area contributed by atoms with Crippen LogP contribution in [0.25, 0.3) is 0 Å². The van der Waals surface area contributed by atoms with Crippen molar-refractivity contribution < 1.29 is 5.11 Å². The zero-order valence-electron chi connectivity index (χ0n) is 9.11. The molecular formula is C13H12ClNOS. The fraction of sp³-hybridized carbons (Fsp3) is 0.231. The number of benzene rings is 1. The van der Waals surface area contributed by atoms with Gasteiger partial charge in [-0.2, -0.15) is 0 Å². The Morgan fingerprint density at radius 1 is 1.35 bits per heavy atom. The SMILES string of the molecule is Oc1cccc([C@H]2CNCc3sc(Cl)cc32)c1. The molecule has 0 saturated heterocycles. The highest BCUT2D eigenvalue weighted by molar-refractivity contribution is 7.16. The maximum Gasteiger partial charge on any atom is 0.115 e. The van der Waals surface area contributed by atoms with Gasteiger partial charge in [0.25, 0.3) is 0 Å². The number of aromatic hydroxyl groups is 1. The Balaban J connectivity index is 2.05. The van der Waals surface area contributed by atoms with Gasteiger partial charge in [-0.15, -0.1) is 11.3 Å². The summed E-state index contributed by atoms with van der Waals surface area (Å²) in [6.07, 6.45) is 0. The number of phenols is 1. The van der Waals surface area contributed by atoms with Gasteiger partial charge in [-0.1, -0.05) is 23.7 Å². The lowest BCUT2D eigenvalue weighted by molar-refractivity contribution is 0.473. The van der Waals surface area contributed by atoms with Gasteiger partial charge < -0.3 is 10.4 Å². The van der Waals surface area contributed by atoms with Gasteiger partial charge in [0.05, 0.1) is 4.34 Å². The molecule has 2 N–H and O–H groups in total. The highest BCUT2D eigenvalue weighted by Gasteiger charge is 2.23. The minimum atomic E-state index is 0.287. The second-order valence-corrected chi connectivity index (χ2v) is 5.98. The van der Waals surface area contributed by atoms with Crippen LogP contribution >= 0.6 is 22.9 Å². The Morgan fingerprint density at radius 2 is 2.24 bits per heavy atom. The molecule has 0 spiro atoms. The lowest BCUT2D eigenvalue weighted by Gasteiger charge is -2.24. The number of halogens is 1. The van der Waals surface area contributed by atoms with Gasteiger partial charge in [0, 0.05) is 23.9 Å². The maximum atomic E-state index is 9.55. The molecule has 1 aromatic carbocycles. The van der Waals surface area contributed by atoms with E-state index >= 15 is 0 Å². The molecule has 4 heteroatoms. The maximum absolute atomic E-state index is 9.55. The fourth-order valence-corrected chi connectivity index (χ4v) is 3.63. The Labute approximate surface area is 109 Å². The first-order valence-corrected chi connectivity index (χ1v) is 6.71. The van der Waals surface area contributed by atoms with E-state index in [0.29, 0.717) is 5.75 Å². The van der Waals surface area contributed by atoms with Crippen LogP contribution in [0.2, 0.25) is 4.34 Å². The number of thiophene rings is 1. The molecule has 0 saturated carbocycles.